The zero-order valence-electron chi connectivity index (χ0n) is 17.3. The molecular weight excluding hydrogens is 394 g/mol. The van der Waals surface area contributed by atoms with Gasteiger partial charge in [-0.3, -0.25) is 0 Å². The maximum atomic E-state index is 9.96. The van der Waals surface area contributed by atoms with Gasteiger partial charge in [0.1, 0.15) is 24.5 Å². The number of nitrogens with two attached hydrogens (primary N) is 1. The molecule has 0 aliphatic carbocycles. The SMILES string of the molecule is COc1cc(-c2c(C#N)c(N)c(C#N)c3c2COc2ccccc2-3)cc(OC)c1OC. The lowest BCUT2D eigenvalue weighted by Crippen LogP contribution is -2.13. The molecule has 1 aliphatic rings. The van der Waals surface area contributed by atoms with Crippen molar-refractivity contribution in [1.82, 2.24) is 0 Å². The second-order valence-electron chi connectivity index (χ2n) is 6.81. The van der Waals surface area contributed by atoms with Crippen LogP contribution in [0.4, 0.5) is 5.69 Å². The lowest BCUT2D eigenvalue weighted by molar-refractivity contribution is 0.303. The van der Waals surface area contributed by atoms with Crippen LogP contribution in [0.1, 0.15) is 16.7 Å². The molecule has 0 fully saturated rings. The molecule has 0 saturated heterocycles. The molecule has 3 aromatic rings. The third-order valence-electron chi connectivity index (χ3n) is 5.35. The highest BCUT2D eigenvalue weighted by Crippen LogP contribution is 2.49. The maximum Gasteiger partial charge on any atom is 0.203 e. The number of para-hydroxylation sites is 1. The summed E-state index contributed by atoms with van der Waals surface area (Å²) in [5.41, 5.74) is 10.3. The quantitative estimate of drug-likeness (QED) is 0.636. The molecule has 1 heterocycles. The van der Waals surface area contributed by atoms with Crippen LogP contribution in [0, 0.1) is 22.7 Å². The maximum absolute atomic E-state index is 9.96. The summed E-state index contributed by atoms with van der Waals surface area (Å²) >= 11 is 0. The summed E-state index contributed by atoms with van der Waals surface area (Å²) in [6.45, 7) is 0.183. The fourth-order valence-corrected chi connectivity index (χ4v) is 3.99. The summed E-state index contributed by atoms with van der Waals surface area (Å²) in [6, 6.07) is 15.3. The molecule has 0 atom stereocenters. The Labute approximate surface area is 179 Å². The first-order valence-corrected chi connectivity index (χ1v) is 9.40. The van der Waals surface area contributed by atoms with Crippen molar-refractivity contribution < 1.29 is 18.9 Å². The van der Waals surface area contributed by atoms with Crippen LogP contribution in [-0.2, 0) is 6.61 Å². The third kappa shape index (κ3) is 2.95. The van der Waals surface area contributed by atoms with Crippen LogP contribution in [0.25, 0.3) is 22.3 Å². The van der Waals surface area contributed by atoms with Gasteiger partial charge in [0.25, 0.3) is 0 Å². The van der Waals surface area contributed by atoms with Crippen molar-refractivity contribution in [2.24, 2.45) is 0 Å². The van der Waals surface area contributed by atoms with E-state index >= 15 is 0 Å². The summed E-state index contributed by atoms with van der Waals surface area (Å²) in [4.78, 5) is 0. The number of nitrogen functional groups attached to an aromatic ring is 1. The van der Waals surface area contributed by atoms with Crippen LogP contribution >= 0.6 is 0 Å². The van der Waals surface area contributed by atoms with Gasteiger partial charge in [0.05, 0.1) is 38.1 Å². The van der Waals surface area contributed by atoms with Gasteiger partial charge in [-0.1, -0.05) is 18.2 Å². The number of nitrogens with zero attached hydrogens (tertiary/aromatic N) is 2. The molecule has 0 amide bonds. The molecule has 0 spiro atoms. The van der Waals surface area contributed by atoms with Gasteiger partial charge in [-0.15, -0.1) is 0 Å². The Morgan fingerprint density at radius 2 is 1.52 bits per heavy atom. The Morgan fingerprint density at radius 3 is 2.10 bits per heavy atom. The molecule has 0 radical (unpaired) electrons. The van der Waals surface area contributed by atoms with Crippen LogP contribution in [0.15, 0.2) is 36.4 Å². The van der Waals surface area contributed by atoms with Crippen LogP contribution in [0.3, 0.4) is 0 Å². The zero-order chi connectivity index (χ0) is 22.1. The molecule has 0 saturated carbocycles. The minimum Gasteiger partial charge on any atom is -0.493 e. The summed E-state index contributed by atoms with van der Waals surface area (Å²) in [5.74, 6) is 1.97. The van der Waals surface area contributed by atoms with E-state index in [1.807, 2.05) is 24.3 Å². The monoisotopic (exact) mass is 413 g/mol. The molecule has 0 aromatic heterocycles. The first-order chi connectivity index (χ1) is 15.1. The normalized spacial score (nSPS) is 11.3. The van der Waals surface area contributed by atoms with Crippen molar-refractivity contribution in [2.75, 3.05) is 27.1 Å². The fraction of sp³-hybridized carbons (Fsp3) is 0.167. The predicted molar refractivity (Wildman–Crippen MR) is 115 cm³/mol. The third-order valence-corrected chi connectivity index (χ3v) is 5.35. The molecule has 7 nitrogen and oxygen atoms in total. The van der Waals surface area contributed by atoms with Crippen LogP contribution in [0.5, 0.6) is 23.0 Å². The molecule has 0 unspecified atom stereocenters. The number of methoxy groups -OCH3 is 3. The van der Waals surface area contributed by atoms with Crippen molar-refractivity contribution in [3.63, 3.8) is 0 Å². The van der Waals surface area contributed by atoms with Crippen molar-refractivity contribution in [1.29, 1.82) is 10.5 Å². The van der Waals surface area contributed by atoms with E-state index in [0.717, 1.165) is 5.56 Å². The van der Waals surface area contributed by atoms with Crippen LogP contribution in [0.2, 0.25) is 0 Å². The second kappa shape index (κ2) is 7.81. The van der Waals surface area contributed by atoms with E-state index in [2.05, 4.69) is 12.1 Å². The fourth-order valence-electron chi connectivity index (χ4n) is 3.99. The average Bonchev–Trinajstić information content (AvgIpc) is 2.82. The molecule has 154 valence electrons. The minimum absolute atomic E-state index is 0.129. The van der Waals surface area contributed by atoms with Gasteiger partial charge in [-0.05, 0) is 23.8 Å². The molecule has 2 N–H and O–H groups in total. The van der Waals surface area contributed by atoms with Gasteiger partial charge in [-0.2, -0.15) is 10.5 Å². The Bertz CT molecular complexity index is 1260. The number of hydrogen-bond donors (Lipinski definition) is 1. The summed E-state index contributed by atoms with van der Waals surface area (Å²) in [7, 11) is 4.57. The molecular formula is C24H19N3O4. The highest BCUT2D eigenvalue weighted by molar-refractivity contribution is 5.95. The number of anilines is 1. The van der Waals surface area contributed by atoms with Gasteiger partial charge in [0, 0.05) is 22.3 Å². The lowest BCUT2D eigenvalue weighted by Gasteiger charge is -2.26. The molecule has 7 heteroatoms. The molecule has 0 bridgehead atoms. The number of fused-ring (bicyclic) bond motifs is 3. The summed E-state index contributed by atoms with van der Waals surface area (Å²) in [5, 5.41) is 19.8. The van der Waals surface area contributed by atoms with Gasteiger partial charge in [-0.25, -0.2) is 0 Å². The van der Waals surface area contributed by atoms with E-state index in [1.165, 1.54) is 21.3 Å². The lowest BCUT2D eigenvalue weighted by atomic mass is 9.83. The van der Waals surface area contributed by atoms with E-state index in [9.17, 15) is 10.5 Å². The number of rotatable bonds is 4. The molecule has 31 heavy (non-hydrogen) atoms. The first kappa shape index (κ1) is 19.9. The number of ether oxygens (including phenoxy) is 4. The first-order valence-electron chi connectivity index (χ1n) is 9.40. The Morgan fingerprint density at radius 1 is 0.903 bits per heavy atom. The second-order valence-corrected chi connectivity index (χ2v) is 6.81. The molecule has 4 rings (SSSR count). The van der Waals surface area contributed by atoms with Crippen molar-refractivity contribution in [3.8, 4) is 57.4 Å². The number of hydrogen-bond acceptors (Lipinski definition) is 7. The van der Waals surface area contributed by atoms with E-state index in [0.29, 0.717) is 45.3 Å². The standard InChI is InChI=1S/C24H19N3O4/c1-28-19-8-13(9-20(29-2)24(19)30-3)21-15(10-25)23(27)16(11-26)22-14-6-4-5-7-18(14)31-12-17(21)22/h4-9H,12,27H2,1-3H3. The largest absolute Gasteiger partial charge is 0.493 e. The van der Waals surface area contributed by atoms with Gasteiger partial charge in [0.15, 0.2) is 11.5 Å². The van der Waals surface area contributed by atoms with Crippen molar-refractivity contribution in [2.45, 2.75) is 6.61 Å². The van der Waals surface area contributed by atoms with Crippen LogP contribution < -0.4 is 24.7 Å². The highest BCUT2D eigenvalue weighted by atomic mass is 16.5. The minimum atomic E-state index is 0.129. The van der Waals surface area contributed by atoms with E-state index < -0.39 is 0 Å². The van der Waals surface area contributed by atoms with Crippen molar-refractivity contribution in [3.05, 3.63) is 53.1 Å². The zero-order valence-corrected chi connectivity index (χ0v) is 17.3. The summed E-state index contributed by atoms with van der Waals surface area (Å²) < 4.78 is 22.4. The van der Waals surface area contributed by atoms with E-state index in [1.54, 1.807) is 12.1 Å². The van der Waals surface area contributed by atoms with E-state index in [-0.39, 0.29) is 23.4 Å². The van der Waals surface area contributed by atoms with Crippen LogP contribution in [-0.4, -0.2) is 21.3 Å². The van der Waals surface area contributed by atoms with Gasteiger partial charge in [0.2, 0.25) is 5.75 Å². The average molecular weight is 413 g/mol. The number of benzene rings is 3. The molecule has 3 aromatic carbocycles. The number of nitriles is 2. The topological polar surface area (TPSA) is 111 Å². The van der Waals surface area contributed by atoms with E-state index in [4.69, 9.17) is 24.7 Å². The highest BCUT2D eigenvalue weighted by Gasteiger charge is 2.30. The molecule has 1 aliphatic heterocycles. The Balaban J connectivity index is 2.14. The Hall–Kier alpha value is -4.36. The summed E-state index contributed by atoms with van der Waals surface area (Å²) in [6.07, 6.45) is 0. The van der Waals surface area contributed by atoms with Gasteiger partial charge < -0.3 is 24.7 Å². The van der Waals surface area contributed by atoms with Crippen molar-refractivity contribution >= 4 is 5.69 Å². The smallest absolute Gasteiger partial charge is 0.203 e. The van der Waals surface area contributed by atoms with Gasteiger partial charge >= 0.3 is 0 Å². The Kier molecular flexibility index (Phi) is 5.02. The predicted octanol–water partition coefficient (Wildman–Crippen LogP) is 4.26.